The molecule has 0 N–H and O–H groups in total. The zero-order valence-corrected chi connectivity index (χ0v) is 10.2. The van der Waals surface area contributed by atoms with E-state index in [0.717, 1.165) is 0 Å². The lowest BCUT2D eigenvalue weighted by molar-refractivity contribution is -0.131. The summed E-state index contributed by atoms with van der Waals surface area (Å²) in [5.74, 6) is 0.834. The van der Waals surface area contributed by atoms with E-state index in [1.807, 2.05) is 38.1 Å². The summed E-state index contributed by atoms with van der Waals surface area (Å²) < 4.78 is 4.91. The van der Waals surface area contributed by atoms with E-state index in [1.165, 1.54) is 12.5 Å². The van der Waals surface area contributed by atoms with Crippen LogP contribution in [0.15, 0.2) is 24.3 Å². The van der Waals surface area contributed by atoms with Crippen LogP contribution >= 0.6 is 0 Å². The van der Waals surface area contributed by atoms with Gasteiger partial charge in [0.1, 0.15) is 5.75 Å². The molecule has 0 saturated carbocycles. The molecule has 2 nitrogen and oxygen atoms in total. The highest BCUT2D eigenvalue weighted by Gasteiger charge is 2.00. The van der Waals surface area contributed by atoms with E-state index in [9.17, 15) is 4.79 Å². The molecule has 0 heterocycles. The van der Waals surface area contributed by atoms with Gasteiger partial charge in [0.15, 0.2) is 0 Å². The van der Waals surface area contributed by atoms with Crippen LogP contribution in [0.4, 0.5) is 0 Å². The van der Waals surface area contributed by atoms with Gasteiger partial charge >= 0.3 is 5.97 Å². The Hall–Kier alpha value is -1.31. The monoisotopic (exact) mass is 208 g/mol. The largest absolute Gasteiger partial charge is 0.427 e. The van der Waals surface area contributed by atoms with Gasteiger partial charge in [-0.05, 0) is 23.6 Å². The first-order valence-electron chi connectivity index (χ1n) is 5.38. The van der Waals surface area contributed by atoms with Gasteiger partial charge in [0.2, 0.25) is 0 Å². The molecule has 0 aromatic heterocycles. The van der Waals surface area contributed by atoms with Crippen molar-refractivity contribution < 1.29 is 9.53 Å². The Bertz CT molecular complexity index is 286. The summed E-state index contributed by atoms with van der Waals surface area (Å²) in [7, 11) is 0. The molecule has 0 unspecified atom stereocenters. The maximum absolute atomic E-state index is 10.6. The van der Waals surface area contributed by atoms with Crippen molar-refractivity contribution >= 4 is 5.97 Å². The van der Waals surface area contributed by atoms with E-state index >= 15 is 0 Å². The highest BCUT2D eigenvalue weighted by Crippen LogP contribution is 2.18. The molecule has 1 aromatic rings. The van der Waals surface area contributed by atoms with Crippen molar-refractivity contribution in [2.45, 2.75) is 40.5 Å². The van der Waals surface area contributed by atoms with Gasteiger partial charge in [-0.1, -0.05) is 39.8 Å². The van der Waals surface area contributed by atoms with Crippen LogP contribution in [-0.2, 0) is 4.79 Å². The van der Waals surface area contributed by atoms with Crippen molar-refractivity contribution in [1.82, 2.24) is 0 Å². The van der Waals surface area contributed by atoms with Gasteiger partial charge in [-0.3, -0.25) is 4.79 Å². The Labute approximate surface area is 92.3 Å². The minimum atomic E-state index is -0.280. The zero-order chi connectivity index (χ0) is 11.8. The predicted octanol–water partition coefficient (Wildman–Crippen LogP) is 3.76. The third-order valence-corrected chi connectivity index (χ3v) is 1.81. The molecule has 0 aliphatic carbocycles. The van der Waals surface area contributed by atoms with Crippen molar-refractivity contribution in [3.05, 3.63) is 29.8 Å². The summed E-state index contributed by atoms with van der Waals surface area (Å²) in [5, 5.41) is 0. The molecular formula is C13H20O2. The van der Waals surface area contributed by atoms with E-state index in [0.29, 0.717) is 11.7 Å². The summed E-state index contributed by atoms with van der Waals surface area (Å²) in [6, 6.07) is 7.58. The summed E-state index contributed by atoms with van der Waals surface area (Å²) >= 11 is 0. The van der Waals surface area contributed by atoms with Crippen LogP contribution in [0.5, 0.6) is 5.75 Å². The second-order valence-corrected chi connectivity index (χ2v) is 3.32. The molecule has 0 aliphatic heterocycles. The van der Waals surface area contributed by atoms with Gasteiger partial charge < -0.3 is 4.74 Å². The fourth-order valence-electron chi connectivity index (χ4n) is 1.09. The average Bonchev–Trinajstić information content (AvgIpc) is 2.20. The molecule has 1 rings (SSSR count). The highest BCUT2D eigenvalue weighted by atomic mass is 16.5. The fourth-order valence-corrected chi connectivity index (χ4v) is 1.09. The SMILES string of the molecule is CC.CC(=O)Oc1ccc(C(C)C)cc1. The summed E-state index contributed by atoms with van der Waals surface area (Å²) in [6.45, 7) is 9.65. The molecule has 15 heavy (non-hydrogen) atoms. The summed E-state index contributed by atoms with van der Waals surface area (Å²) in [4.78, 5) is 10.6. The first-order chi connectivity index (χ1) is 7.09. The molecular weight excluding hydrogens is 188 g/mol. The van der Waals surface area contributed by atoms with Crippen LogP contribution in [0, 0.1) is 0 Å². The van der Waals surface area contributed by atoms with Gasteiger partial charge in [-0.15, -0.1) is 0 Å². The second-order valence-electron chi connectivity index (χ2n) is 3.32. The van der Waals surface area contributed by atoms with Crippen LogP contribution in [-0.4, -0.2) is 5.97 Å². The normalized spacial score (nSPS) is 9.20. The number of hydrogen-bond acceptors (Lipinski definition) is 2. The highest BCUT2D eigenvalue weighted by molar-refractivity contribution is 5.69. The topological polar surface area (TPSA) is 26.3 Å². The van der Waals surface area contributed by atoms with Crippen molar-refractivity contribution in [3.8, 4) is 5.75 Å². The Morgan fingerprint density at radius 1 is 1.13 bits per heavy atom. The van der Waals surface area contributed by atoms with Crippen LogP contribution < -0.4 is 4.74 Å². The first-order valence-corrected chi connectivity index (χ1v) is 5.38. The van der Waals surface area contributed by atoms with Gasteiger partial charge in [0.05, 0.1) is 0 Å². The molecule has 0 saturated heterocycles. The van der Waals surface area contributed by atoms with E-state index in [1.54, 1.807) is 0 Å². The first kappa shape index (κ1) is 13.7. The number of benzene rings is 1. The van der Waals surface area contributed by atoms with Crippen molar-refractivity contribution in [2.24, 2.45) is 0 Å². The number of rotatable bonds is 2. The molecule has 0 aliphatic rings. The lowest BCUT2D eigenvalue weighted by Crippen LogP contribution is -2.01. The number of carbonyl (C=O) groups is 1. The summed E-state index contributed by atoms with van der Waals surface area (Å²) in [5.41, 5.74) is 1.25. The molecule has 1 aromatic carbocycles. The van der Waals surface area contributed by atoms with E-state index < -0.39 is 0 Å². The van der Waals surface area contributed by atoms with E-state index in [2.05, 4.69) is 13.8 Å². The van der Waals surface area contributed by atoms with Crippen molar-refractivity contribution in [3.63, 3.8) is 0 Å². The van der Waals surface area contributed by atoms with E-state index in [4.69, 9.17) is 4.74 Å². The third kappa shape index (κ3) is 5.21. The smallest absolute Gasteiger partial charge is 0.308 e. The molecule has 0 bridgehead atoms. The number of hydrogen-bond donors (Lipinski definition) is 0. The minimum Gasteiger partial charge on any atom is -0.427 e. The Balaban J connectivity index is 0.000000921. The maximum atomic E-state index is 10.6. The fraction of sp³-hybridized carbons (Fsp3) is 0.462. The maximum Gasteiger partial charge on any atom is 0.308 e. The Morgan fingerprint density at radius 3 is 1.93 bits per heavy atom. The van der Waals surface area contributed by atoms with Crippen LogP contribution in [0.3, 0.4) is 0 Å². The summed E-state index contributed by atoms with van der Waals surface area (Å²) in [6.07, 6.45) is 0. The van der Waals surface area contributed by atoms with E-state index in [-0.39, 0.29) is 5.97 Å². The Morgan fingerprint density at radius 2 is 1.60 bits per heavy atom. The molecule has 84 valence electrons. The van der Waals surface area contributed by atoms with Crippen LogP contribution in [0.1, 0.15) is 46.1 Å². The third-order valence-electron chi connectivity index (χ3n) is 1.81. The number of carbonyl (C=O) groups excluding carboxylic acids is 1. The number of ether oxygens (including phenoxy) is 1. The van der Waals surface area contributed by atoms with Gasteiger partial charge in [-0.25, -0.2) is 0 Å². The molecule has 2 heteroatoms. The van der Waals surface area contributed by atoms with Gasteiger partial charge in [0, 0.05) is 6.92 Å². The molecule has 0 fully saturated rings. The standard InChI is InChI=1S/C11H14O2.C2H6/c1-8(2)10-4-6-11(7-5-10)13-9(3)12;1-2/h4-8H,1-3H3;1-2H3. The van der Waals surface area contributed by atoms with Crippen LogP contribution in [0.25, 0.3) is 0 Å². The Kier molecular flexibility index (Phi) is 6.43. The minimum absolute atomic E-state index is 0.280. The molecule has 0 radical (unpaired) electrons. The van der Waals surface area contributed by atoms with Crippen molar-refractivity contribution in [2.75, 3.05) is 0 Å². The number of esters is 1. The molecule has 0 atom stereocenters. The average molecular weight is 208 g/mol. The molecule has 0 spiro atoms. The second kappa shape index (κ2) is 7.04. The zero-order valence-electron chi connectivity index (χ0n) is 10.2. The van der Waals surface area contributed by atoms with Gasteiger partial charge in [-0.2, -0.15) is 0 Å². The van der Waals surface area contributed by atoms with Crippen molar-refractivity contribution in [1.29, 1.82) is 0 Å². The lowest BCUT2D eigenvalue weighted by atomic mass is 10.0. The quantitative estimate of drug-likeness (QED) is 0.546. The van der Waals surface area contributed by atoms with Gasteiger partial charge in [0.25, 0.3) is 0 Å². The predicted molar refractivity (Wildman–Crippen MR) is 63.2 cm³/mol. The van der Waals surface area contributed by atoms with Crippen LogP contribution in [0.2, 0.25) is 0 Å². The lowest BCUT2D eigenvalue weighted by Gasteiger charge is -2.06. The molecule has 0 amide bonds.